The quantitative estimate of drug-likeness (QED) is 0.791. The molecule has 0 aliphatic carbocycles. The maximum absolute atomic E-state index is 13.1. The number of para-hydroxylation sites is 2. The number of piperidine rings is 1. The third kappa shape index (κ3) is 4.97. The van der Waals surface area contributed by atoms with E-state index in [1.165, 1.54) is 24.3 Å². The lowest BCUT2D eigenvalue weighted by atomic mass is 9.95. The van der Waals surface area contributed by atoms with Crippen molar-refractivity contribution in [2.24, 2.45) is 5.92 Å². The molecule has 7 heteroatoms. The minimum atomic E-state index is -0.420. The Morgan fingerprint density at radius 2 is 1.89 bits per heavy atom. The second kappa shape index (κ2) is 8.53. The smallest absolute Gasteiger partial charge is 0.260 e. The summed E-state index contributed by atoms with van der Waals surface area (Å²) in [5, 5.41) is 12.5. The zero-order chi connectivity index (χ0) is 19.2. The lowest BCUT2D eigenvalue weighted by Crippen LogP contribution is -2.43. The normalized spacial score (nSPS) is 14.6. The zero-order valence-electron chi connectivity index (χ0n) is 14.7. The first-order chi connectivity index (χ1) is 13.0. The van der Waals surface area contributed by atoms with Gasteiger partial charge in [-0.1, -0.05) is 18.2 Å². The Hall–Kier alpha value is -3.09. The molecular formula is C20H21FN2O4. The van der Waals surface area contributed by atoms with E-state index in [1.807, 2.05) is 0 Å². The molecule has 1 aliphatic rings. The number of nitrogens with one attached hydrogen (secondary N) is 1. The van der Waals surface area contributed by atoms with Crippen LogP contribution in [0.1, 0.15) is 12.8 Å². The molecule has 2 N–H and O–H groups in total. The van der Waals surface area contributed by atoms with Crippen molar-refractivity contribution in [3.05, 3.63) is 54.3 Å². The number of carbonyl (C=O) groups is 2. The summed E-state index contributed by atoms with van der Waals surface area (Å²) >= 11 is 0. The monoisotopic (exact) mass is 372 g/mol. The molecule has 2 amide bonds. The number of halogens is 1. The van der Waals surface area contributed by atoms with E-state index in [1.54, 1.807) is 29.2 Å². The molecule has 27 heavy (non-hydrogen) atoms. The Morgan fingerprint density at radius 3 is 2.59 bits per heavy atom. The highest BCUT2D eigenvalue weighted by Gasteiger charge is 2.27. The predicted octanol–water partition coefficient (Wildman–Crippen LogP) is 2.79. The molecule has 0 aromatic heterocycles. The molecule has 1 aliphatic heterocycles. The Kier molecular flexibility index (Phi) is 5.90. The van der Waals surface area contributed by atoms with Crippen LogP contribution in [0.5, 0.6) is 11.5 Å². The van der Waals surface area contributed by atoms with Crippen LogP contribution in [0.2, 0.25) is 0 Å². The highest BCUT2D eigenvalue weighted by atomic mass is 19.1. The van der Waals surface area contributed by atoms with Crippen LogP contribution in [0, 0.1) is 11.7 Å². The average Bonchev–Trinajstić information content (AvgIpc) is 2.68. The Morgan fingerprint density at radius 1 is 1.15 bits per heavy atom. The fraction of sp³-hybridized carbons (Fsp3) is 0.300. The highest BCUT2D eigenvalue weighted by Crippen LogP contribution is 2.25. The van der Waals surface area contributed by atoms with Crippen LogP contribution in [0.15, 0.2) is 48.5 Å². The molecule has 0 bridgehead atoms. The van der Waals surface area contributed by atoms with Crippen LogP contribution < -0.4 is 10.1 Å². The predicted molar refractivity (Wildman–Crippen MR) is 97.9 cm³/mol. The third-order valence-electron chi connectivity index (χ3n) is 4.54. The largest absolute Gasteiger partial charge is 0.506 e. The lowest BCUT2D eigenvalue weighted by Gasteiger charge is -2.31. The van der Waals surface area contributed by atoms with Gasteiger partial charge in [-0.05, 0) is 37.1 Å². The molecule has 0 unspecified atom stereocenters. The summed E-state index contributed by atoms with van der Waals surface area (Å²) in [7, 11) is 0. The molecule has 142 valence electrons. The average molecular weight is 372 g/mol. The van der Waals surface area contributed by atoms with Crippen molar-refractivity contribution in [1.29, 1.82) is 0 Å². The molecule has 0 spiro atoms. The van der Waals surface area contributed by atoms with E-state index >= 15 is 0 Å². The summed E-state index contributed by atoms with van der Waals surface area (Å²) in [5.74, 6) is -0.680. The number of phenols is 1. The van der Waals surface area contributed by atoms with Gasteiger partial charge in [-0.3, -0.25) is 9.59 Å². The van der Waals surface area contributed by atoms with Crippen LogP contribution in [0.3, 0.4) is 0 Å². The van der Waals surface area contributed by atoms with E-state index in [9.17, 15) is 19.1 Å². The van der Waals surface area contributed by atoms with Crippen LogP contribution in [0.4, 0.5) is 10.1 Å². The maximum atomic E-state index is 13.1. The standard InChI is InChI=1S/C20H21FN2O4/c21-15-4-3-5-16(12-15)27-13-19(25)23-10-8-14(9-11-23)20(26)22-17-6-1-2-7-18(17)24/h1-7,12,14,24H,8-11,13H2,(H,22,26). The molecule has 3 rings (SSSR count). The van der Waals surface area contributed by atoms with Gasteiger partial charge in [0.2, 0.25) is 5.91 Å². The molecule has 6 nitrogen and oxygen atoms in total. The first-order valence-corrected chi connectivity index (χ1v) is 8.78. The number of ether oxygens (including phenoxy) is 1. The Labute approximate surface area is 156 Å². The van der Waals surface area contributed by atoms with Gasteiger partial charge < -0.3 is 20.1 Å². The number of hydrogen-bond acceptors (Lipinski definition) is 4. The van der Waals surface area contributed by atoms with Gasteiger partial charge in [-0.15, -0.1) is 0 Å². The van der Waals surface area contributed by atoms with Crippen LogP contribution in [0.25, 0.3) is 0 Å². The first-order valence-electron chi connectivity index (χ1n) is 8.78. The van der Waals surface area contributed by atoms with Crippen molar-refractivity contribution >= 4 is 17.5 Å². The van der Waals surface area contributed by atoms with Gasteiger partial charge in [0.15, 0.2) is 6.61 Å². The summed E-state index contributed by atoms with van der Waals surface area (Å²) in [5.41, 5.74) is 0.379. The fourth-order valence-corrected chi connectivity index (χ4v) is 3.00. The van der Waals surface area contributed by atoms with Crippen molar-refractivity contribution in [3.8, 4) is 11.5 Å². The maximum Gasteiger partial charge on any atom is 0.260 e. The Bertz CT molecular complexity index is 819. The van der Waals surface area contributed by atoms with E-state index < -0.39 is 5.82 Å². The number of phenolic OH excluding ortho intramolecular Hbond substituents is 1. The number of benzene rings is 2. The minimum Gasteiger partial charge on any atom is -0.506 e. The van der Waals surface area contributed by atoms with Crippen LogP contribution in [-0.2, 0) is 9.59 Å². The molecule has 0 atom stereocenters. The van der Waals surface area contributed by atoms with E-state index in [4.69, 9.17) is 4.74 Å². The molecular weight excluding hydrogens is 351 g/mol. The third-order valence-corrected chi connectivity index (χ3v) is 4.54. The van der Waals surface area contributed by atoms with E-state index in [-0.39, 0.29) is 30.1 Å². The van der Waals surface area contributed by atoms with Gasteiger partial charge in [0.25, 0.3) is 5.91 Å². The fourth-order valence-electron chi connectivity index (χ4n) is 3.00. The van der Waals surface area contributed by atoms with Gasteiger partial charge in [0, 0.05) is 25.1 Å². The molecule has 1 saturated heterocycles. The summed E-state index contributed by atoms with van der Waals surface area (Å²) in [6, 6.07) is 12.2. The number of amides is 2. The first kappa shape index (κ1) is 18.7. The van der Waals surface area contributed by atoms with Crippen molar-refractivity contribution in [2.75, 3.05) is 25.0 Å². The summed E-state index contributed by atoms with van der Waals surface area (Å²) < 4.78 is 18.4. The van der Waals surface area contributed by atoms with Crippen molar-refractivity contribution in [3.63, 3.8) is 0 Å². The SMILES string of the molecule is O=C(Nc1ccccc1O)C1CCN(C(=O)COc2cccc(F)c2)CC1. The summed E-state index contributed by atoms with van der Waals surface area (Å²) in [6.07, 6.45) is 1.07. The van der Waals surface area contributed by atoms with Crippen LogP contribution >= 0.6 is 0 Å². The van der Waals surface area contributed by atoms with Gasteiger partial charge in [0.1, 0.15) is 17.3 Å². The number of aromatic hydroxyl groups is 1. The van der Waals surface area contributed by atoms with Crippen molar-refractivity contribution < 1.29 is 23.8 Å². The molecule has 2 aromatic carbocycles. The topological polar surface area (TPSA) is 78.9 Å². The number of nitrogens with zero attached hydrogens (tertiary/aromatic N) is 1. The molecule has 2 aromatic rings. The second-order valence-corrected chi connectivity index (χ2v) is 6.41. The van der Waals surface area contributed by atoms with Gasteiger partial charge >= 0.3 is 0 Å². The van der Waals surface area contributed by atoms with Crippen molar-refractivity contribution in [2.45, 2.75) is 12.8 Å². The van der Waals surface area contributed by atoms with E-state index in [2.05, 4.69) is 5.32 Å². The number of likely N-dealkylation sites (tertiary alicyclic amines) is 1. The number of anilines is 1. The lowest BCUT2D eigenvalue weighted by molar-refractivity contribution is -0.136. The summed E-state index contributed by atoms with van der Waals surface area (Å²) in [6.45, 7) is 0.729. The number of rotatable bonds is 5. The van der Waals surface area contributed by atoms with Gasteiger partial charge in [-0.2, -0.15) is 0 Å². The van der Waals surface area contributed by atoms with E-state index in [0.717, 1.165) is 0 Å². The molecule has 0 radical (unpaired) electrons. The van der Waals surface area contributed by atoms with Gasteiger partial charge in [0.05, 0.1) is 5.69 Å². The number of hydrogen-bond donors (Lipinski definition) is 2. The zero-order valence-corrected chi connectivity index (χ0v) is 14.7. The minimum absolute atomic E-state index is 0.0213. The van der Waals surface area contributed by atoms with Crippen LogP contribution in [-0.4, -0.2) is 41.5 Å². The van der Waals surface area contributed by atoms with Crippen molar-refractivity contribution in [1.82, 2.24) is 4.90 Å². The van der Waals surface area contributed by atoms with E-state index in [0.29, 0.717) is 37.4 Å². The Balaban J connectivity index is 1.46. The molecule has 0 saturated carbocycles. The number of carbonyl (C=O) groups excluding carboxylic acids is 2. The highest BCUT2D eigenvalue weighted by molar-refractivity contribution is 5.94. The molecule has 1 heterocycles. The van der Waals surface area contributed by atoms with Gasteiger partial charge in [-0.25, -0.2) is 4.39 Å². The summed E-state index contributed by atoms with van der Waals surface area (Å²) in [4.78, 5) is 26.2. The second-order valence-electron chi connectivity index (χ2n) is 6.41. The molecule has 1 fully saturated rings.